The molecule has 0 unspecified atom stereocenters. The first kappa shape index (κ1) is 17.4. The number of hydrogen-bond donors (Lipinski definition) is 1. The first-order chi connectivity index (χ1) is 8.49. The third kappa shape index (κ3) is 4.60. The molecule has 0 aliphatic heterocycles. The number of carbonyl (C=O) groups is 1. The maximum absolute atomic E-state index is 11.5. The molecule has 0 spiro atoms. The summed E-state index contributed by atoms with van der Waals surface area (Å²) in [7, 11) is 0. The van der Waals surface area contributed by atoms with E-state index in [1.165, 1.54) is 12.8 Å². The Labute approximate surface area is 113 Å². The Balaban J connectivity index is 4.71. The van der Waals surface area contributed by atoms with Crippen LogP contribution in [-0.4, -0.2) is 35.6 Å². The number of aliphatic carboxylic acids is 1. The molecule has 0 fully saturated rings. The van der Waals surface area contributed by atoms with Gasteiger partial charge < -0.3 is 10.0 Å². The second-order valence-corrected chi connectivity index (χ2v) is 5.30. The smallest absolute Gasteiger partial charge is 0.310 e. The fourth-order valence-corrected chi connectivity index (χ4v) is 2.49. The molecule has 0 saturated heterocycles. The van der Waals surface area contributed by atoms with E-state index < -0.39 is 11.4 Å². The van der Waals surface area contributed by atoms with E-state index in [0.717, 1.165) is 13.1 Å². The first-order valence-corrected chi connectivity index (χ1v) is 7.45. The molecule has 3 nitrogen and oxygen atoms in total. The highest BCUT2D eigenvalue weighted by molar-refractivity contribution is 5.74. The Morgan fingerprint density at radius 2 is 1.61 bits per heavy atom. The maximum Gasteiger partial charge on any atom is 0.310 e. The first-order valence-electron chi connectivity index (χ1n) is 7.45. The van der Waals surface area contributed by atoms with Crippen molar-refractivity contribution in [3.05, 3.63) is 0 Å². The zero-order valence-corrected chi connectivity index (χ0v) is 12.8. The maximum atomic E-state index is 11.5. The number of carboxylic acids is 1. The lowest BCUT2D eigenvalue weighted by Crippen LogP contribution is -2.44. The molecule has 1 N–H and O–H groups in total. The zero-order valence-electron chi connectivity index (χ0n) is 12.8. The molecule has 0 amide bonds. The summed E-state index contributed by atoms with van der Waals surface area (Å²) in [6.45, 7) is 13.2. The molecule has 0 bridgehead atoms. The normalized spacial score (nSPS) is 12.4. The third-order valence-electron chi connectivity index (χ3n) is 4.45. The fraction of sp³-hybridized carbons (Fsp3) is 0.933. The molecule has 0 aromatic heterocycles. The van der Waals surface area contributed by atoms with Crippen molar-refractivity contribution >= 4 is 5.97 Å². The second kappa shape index (κ2) is 8.52. The van der Waals surface area contributed by atoms with Gasteiger partial charge in [-0.3, -0.25) is 4.79 Å². The van der Waals surface area contributed by atoms with Gasteiger partial charge in [-0.15, -0.1) is 0 Å². The van der Waals surface area contributed by atoms with Gasteiger partial charge in [0, 0.05) is 13.1 Å². The largest absolute Gasteiger partial charge is 0.481 e. The summed E-state index contributed by atoms with van der Waals surface area (Å²) >= 11 is 0. The lowest BCUT2D eigenvalue weighted by molar-refractivity contribution is -0.151. The van der Waals surface area contributed by atoms with Crippen LogP contribution in [0.2, 0.25) is 0 Å². The monoisotopic (exact) mass is 257 g/mol. The van der Waals surface area contributed by atoms with Crippen molar-refractivity contribution in [2.24, 2.45) is 11.3 Å². The van der Waals surface area contributed by atoms with Gasteiger partial charge in [-0.25, -0.2) is 0 Å². The van der Waals surface area contributed by atoms with Crippen LogP contribution in [0.25, 0.3) is 0 Å². The standard InChI is InChI=1S/C15H31NO2/c1-6-13(7-2)11-16(10-5)12-15(8-3,9-4)14(17)18/h13H,6-12H2,1-5H3,(H,17,18). The molecule has 0 saturated carbocycles. The van der Waals surface area contributed by atoms with Gasteiger partial charge in [0.05, 0.1) is 5.41 Å². The molecule has 0 aromatic carbocycles. The lowest BCUT2D eigenvalue weighted by atomic mass is 9.81. The van der Waals surface area contributed by atoms with Gasteiger partial charge >= 0.3 is 5.97 Å². The summed E-state index contributed by atoms with van der Waals surface area (Å²) in [5, 5.41) is 9.49. The number of rotatable bonds is 10. The molecular formula is C15H31NO2. The van der Waals surface area contributed by atoms with Gasteiger partial charge in [0.1, 0.15) is 0 Å². The Bertz CT molecular complexity index is 233. The van der Waals surface area contributed by atoms with Gasteiger partial charge in [0.15, 0.2) is 0 Å². The average Bonchev–Trinajstić information content (AvgIpc) is 2.39. The summed E-state index contributed by atoms with van der Waals surface area (Å²) in [6.07, 6.45) is 3.76. The summed E-state index contributed by atoms with van der Waals surface area (Å²) in [5.74, 6) is 0.0423. The van der Waals surface area contributed by atoms with Gasteiger partial charge in [0.25, 0.3) is 0 Å². The minimum atomic E-state index is -0.643. The van der Waals surface area contributed by atoms with Crippen LogP contribution in [0.4, 0.5) is 0 Å². The minimum Gasteiger partial charge on any atom is -0.481 e. The molecule has 3 heteroatoms. The Morgan fingerprint density at radius 1 is 1.11 bits per heavy atom. The van der Waals surface area contributed by atoms with Crippen molar-refractivity contribution in [2.45, 2.75) is 60.3 Å². The zero-order chi connectivity index (χ0) is 14.2. The SMILES string of the molecule is CCC(CC)CN(CC)CC(CC)(CC)C(=O)O. The van der Waals surface area contributed by atoms with Crippen LogP contribution in [-0.2, 0) is 4.79 Å². The van der Waals surface area contributed by atoms with Crippen LogP contribution in [0.3, 0.4) is 0 Å². The van der Waals surface area contributed by atoms with Crippen molar-refractivity contribution in [3.8, 4) is 0 Å². The highest BCUT2D eigenvalue weighted by Gasteiger charge is 2.36. The summed E-state index contributed by atoms with van der Waals surface area (Å²) in [5.41, 5.74) is -0.567. The summed E-state index contributed by atoms with van der Waals surface area (Å²) in [4.78, 5) is 13.9. The van der Waals surface area contributed by atoms with Crippen molar-refractivity contribution < 1.29 is 9.90 Å². The van der Waals surface area contributed by atoms with Crippen molar-refractivity contribution in [3.63, 3.8) is 0 Å². The van der Waals surface area contributed by atoms with E-state index in [1.54, 1.807) is 0 Å². The van der Waals surface area contributed by atoms with Crippen molar-refractivity contribution in [1.82, 2.24) is 4.90 Å². The molecule has 0 atom stereocenters. The van der Waals surface area contributed by atoms with E-state index in [-0.39, 0.29) is 0 Å². The predicted octanol–water partition coefficient (Wildman–Crippen LogP) is 3.64. The predicted molar refractivity (Wildman–Crippen MR) is 76.8 cm³/mol. The average molecular weight is 257 g/mol. The summed E-state index contributed by atoms with van der Waals surface area (Å²) in [6, 6.07) is 0. The topological polar surface area (TPSA) is 40.5 Å². The van der Waals surface area contributed by atoms with Gasteiger partial charge in [-0.1, -0.05) is 47.5 Å². The molecule has 18 heavy (non-hydrogen) atoms. The van der Waals surface area contributed by atoms with Crippen LogP contribution in [0, 0.1) is 11.3 Å². The molecule has 108 valence electrons. The second-order valence-electron chi connectivity index (χ2n) is 5.30. The van der Waals surface area contributed by atoms with Crippen LogP contribution in [0.5, 0.6) is 0 Å². The molecular weight excluding hydrogens is 226 g/mol. The van der Waals surface area contributed by atoms with Crippen LogP contribution in [0.15, 0.2) is 0 Å². The van der Waals surface area contributed by atoms with E-state index in [9.17, 15) is 9.90 Å². The minimum absolute atomic E-state index is 0.567. The van der Waals surface area contributed by atoms with E-state index in [0.29, 0.717) is 25.3 Å². The molecule has 0 aliphatic carbocycles. The number of carboxylic acid groups (broad SMARTS) is 1. The van der Waals surface area contributed by atoms with Crippen LogP contribution >= 0.6 is 0 Å². The molecule has 0 heterocycles. The Hall–Kier alpha value is -0.570. The van der Waals surface area contributed by atoms with Crippen molar-refractivity contribution in [1.29, 1.82) is 0 Å². The van der Waals surface area contributed by atoms with E-state index in [2.05, 4.69) is 25.7 Å². The quantitative estimate of drug-likeness (QED) is 0.649. The van der Waals surface area contributed by atoms with E-state index in [4.69, 9.17) is 0 Å². The molecule has 0 aromatic rings. The number of hydrogen-bond acceptors (Lipinski definition) is 2. The highest BCUT2D eigenvalue weighted by Crippen LogP contribution is 2.28. The number of nitrogens with zero attached hydrogens (tertiary/aromatic N) is 1. The van der Waals surface area contributed by atoms with E-state index >= 15 is 0 Å². The van der Waals surface area contributed by atoms with Gasteiger partial charge in [-0.2, -0.15) is 0 Å². The highest BCUT2D eigenvalue weighted by atomic mass is 16.4. The molecule has 0 rings (SSSR count). The lowest BCUT2D eigenvalue weighted by Gasteiger charge is -2.35. The Morgan fingerprint density at radius 3 is 1.89 bits per heavy atom. The van der Waals surface area contributed by atoms with Crippen LogP contribution < -0.4 is 0 Å². The molecule has 0 aliphatic rings. The van der Waals surface area contributed by atoms with Gasteiger partial charge in [0.2, 0.25) is 0 Å². The fourth-order valence-electron chi connectivity index (χ4n) is 2.49. The van der Waals surface area contributed by atoms with E-state index in [1.807, 2.05) is 13.8 Å². The van der Waals surface area contributed by atoms with Gasteiger partial charge in [-0.05, 0) is 25.3 Å². The van der Waals surface area contributed by atoms with Crippen molar-refractivity contribution in [2.75, 3.05) is 19.6 Å². The Kier molecular flexibility index (Phi) is 8.25. The third-order valence-corrected chi connectivity index (χ3v) is 4.45. The van der Waals surface area contributed by atoms with Crippen LogP contribution in [0.1, 0.15) is 60.3 Å². The summed E-state index contributed by atoms with van der Waals surface area (Å²) < 4.78 is 0. The molecule has 0 radical (unpaired) electrons.